The van der Waals surface area contributed by atoms with Crippen molar-refractivity contribution in [3.05, 3.63) is 30.1 Å². The maximum atomic E-state index is 12.8. The summed E-state index contributed by atoms with van der Waals surface area (Å²) in [5.41, 5.74) is 0. The van der Waals surface area contributed by atoms with E-state index in [4.69, 9.17) is 0 Å². The summed E-state index contributed by atoms with van der Waals surface area (Å²) in [6.07, 6.45) is 2.02. The fourth-order valence-electron chi connectivity index (χ4n) is 1.82. The maximum Gasteiger partial charge on any atom is 0.240 e. The molecule has 0 radical (unpaired) electrons. The van der Waals surface area contributed by atoms with Gasteiger partial charge in [0.05, 0.1) is 4.90 Å². The molecule has 7 heteroatoms. The summed E-state index contributed by atoms with van der Waals surface area (Å²) in [7, 11) is -3.71. The van der Waals surface area contributed by atoms with Gasteiger partial charge in [0.1, 0.15) is 5.82 Å². The van der Waals surface area contributed by atoms with Gasteiger partial charge in [0, 0.05) is 19.5 Å². The standard InChI is InChI=1S/C15H23FN2O3S/c1-12(2)4-3-10-17-15(19)9-11-18-22(20,21)14-7-5-13(16)6-8-14/h5-8,12,18H,3-4,9-11H2,1-2H3,(H,17,19). The van der Waals surface area contributed by atoms with E-state index >= 15 is 0 Å². The van der Waals surface area contributed by atoms with Gasteiger partial charge in [-0.1, -0.05) is 13.8 Å². The summed E-state index contributed by atoms with van der Waals surface area (Å²) < 4.78 is 38.9. The molecule has 0 heterocycles. The summed E-state index contributed by atoms with van der Waals surface area (Å²) in [5, 5.41) is 2.75. The van der Waals surface area contributed by atoms with Crippen LogP contribution in [0.1, 0.15) is 33.1 Å². The Morgan fingerprint density at radius 1 is 1.18 bits per heavy atom. The average Bonchev–Trinajstić information content (AvgIpc) is 2.43. The number of halogens is 1. The molecule has 1 rings (SSSR count). The molecule has 0 atom stereocenters. The average molecular weight is 330 g/mol. The van der Waals surface area contributed by atoms with Crippen molar-refractivity contribution in [2.24, 2.45) is 5.92 Å². The second-order valence-corrected chi connectivity index (χ2v) is 7.25. The lowest BCUT2D eigenvalue weighted by Gasteiger charge is -2.08. The fraction of sp³-hybridized carbons (Fsp3) is 0.533. The molecule has 0 saturated carbocycles. The van der Waals surface area contributed by atoms with E-state index < -0.39 is 15.8 Å². The Hall–Kier alpha value is -1.47. The van der Waals surface area contributed by atoms with Crippen LogP contribution in [0.4, 0.5) is 4.39 Å². The van der Waals surface area contributed by atoms with Crippen LogP contribution < -0.4 is 10.0 Å². The third-order valence-electron chi connectivity index (χ3n) is 3.05. The summed E-state index contributed by atoms with van der Waals surface area (Å²) in [5.74, 6) is -0.0929. The molecular weight excluding hydrogens is 307 g/mol. The number of amides is 1. The van der Waals surface area contributed by atoms with E-state index in [2.05, 4.69) is 23.9 Å². The molecule has 0 unspecified atom stereocenters. The predicted octanol–water partition coefficient (Wildman–Crippen LogP) is 2.05. The highest BCUT2D eigenvalue weighted by Gasteiger charge is 2.13. The van der Waals surface area contributed by atoms with Crippen LogP contribution in [-0.2, 0) is 14.8 Å². The summed E-state index contributed by atoms with van der Waals surface area (Å²) in [6, 6.07) is 4.53. The van der Waals surface area contributed by atoms with Gasteiger partial charge in [0.2, 0.25) is 15.9 Å². The molecule has 0 spiro atoms. The second kappa shape index (κ2) is 8.85. The highest BCUT2D eigenvalue weighted by atomic mass is 32.2. The monoisotopic (exact) mass is 330 g/mol. The third kappa shape index (κ3) is 7.00. The minimum atomic E-state index is -3.71. The minimum absolute atomic E-state index is 0.00965. The zero-order valence-electron chi connectivity index (χ0n) is 12.9. The zero-order chi connectivity index (χ0) is 16.6. The van der Waals surface area contributed by atoms with Crippen LogP contribution in [-0.4, -0.2) is 27.4 Å². The first kappa shape index (κ1) is 18.6. The number of nitrogens with one attached hydrogen (secondary N) is 2. The minimum Gasteiger partial charge on any atom is -0.356 e. The number of carbonyl (C=O) groups is 1. The Labute approximate surface area is 131 Å². The Balaban J connectivity index is 2.30. The largest absolute Gasteiger partial charge is 0.356 e. The smallest absolute Gasteiger partial charge is 0.240 e. The predicted molar refractivity (Wildman–Crippen MR) is 83.3 cm³/mol. The van der Waals surface area contributed by atoms with Crippen molar-refractivity contribution in [1.82, 2.24) is 10.0 Å². The van der Waals surface area contributed by atoms with Gasteiger partial charge < -0.3 is 5.32 Å². The fourth-order valence-corrected chi connectivity index (χ4v) is 2.85. The number of hydrogen-bond acceptors (Lipinski definition) is 3. The highest BCUT2D eigenvalue weighted by Crippen LogP contribution is 2.09. The number of carbonyl (C=O) groups excluding carboxylic acids is 1. The molecule has 0 bridgehead atoms. The lowest BCUT2D eigenvalue weighted by molar-refractivity contribution is -0.120. The van der Waals surface area contributed by atoms with Gasteiger partial charge in [-0.25, -0.2) is 17.5 Å². The molecule has 1 aromatic rings. The Morgan fingerprint density at radius 2 is 1.82 bits per heavy atom. The van der Waals surface area contributed by atoms with Gasteiger partial charge in [-0.3, -0.25) is 4.79 Å². The van der Waals surface area contributed by atoms with E-state index in [0.29, 0.717) is 12.5 Å². The zero-order valence-corrected chi connectivity index (χ0v) is 13.7. The normalized spacial score (nSPS) is 11.6. The Kier molecular flexibility index (Phi) is 7.47. The van der Waals surface area contributed by atoms with E-state index in [1.807, 2.05) is 0 Å². The van der Waals surface area contributed by atoms with E-state index in [1.165, 1.54) is 12.1 Å². The van der Waals surface area contributed by atoms with Gasteiger partial charge in [0.15, 0.2) is 0 Å². The van der Waals surface area contributed by atoms with Crippen molar-refractivity contribution in [3.8, 4) is 0 Å². The van der Waals surface area contributed by atoms with Crippen molar-refractivity contribution in [2.75, 3.05) is 13.1 Å². The molecule has 0 aliphatic rings. The van der Waals surface area contributed by atoms with Crippen molar-refractivity contribution >= 4 is 15.9 Å². The molecule has 0 fully saturated rings. The van der Waals surface area contributed by atoms with Crippen LogP contribution >= 0.6 is 0 Å². The van der Waals surface area contributed by atoms with Crippen LogP contribution in [0.2, 0.25) is 0 Å². The molecule has 0 aromatic heterocycles. The van der Waals surface area contributed by atoms with Gasteiger partial charge in [-0.2, -0.15) is 0 Å². The quantitative estimate of drug-likeness (QED) is 0.681. The number of rotatable bonds is 9. The highest BCUT2D eigenvalue weighted by molar-refractivity contribution is 7.89. The van der Waals surface area contributed by atoms with Gasteiger partial charge in [-0.15, -0.1) is 0 Å². The number of hydrogen-bond donors (Lipinski definition) is 2. The topological polar surface area (TPSA) is 75.3 Å². The van der Waals surface area contributed by atoms with E-state index in [0.717, 1.165) is 25.0 Å². The molecule has 0 aliphatic carbocycles. The Morgan fingerprint density at radius 3 is 2.41 bits per heavy atom. The molecule has 22 heavy (non-hydrogen) atoms. The van der Waals surface area contributed by atoms with Crippen molar-refractivity contribution in [2.45, 2.75) is 38.0 Å². The molecule has 0 aliphatic heterocycles. The first-order valence-electron chi connectivity index (χ1n) is 7.33. The summed E-state index contributed by atoms with van der Waals surface area (Å²) >= 11 is 0. The van der Waals surface area contributed by atoms with Crippen LogP contribution in [0.15, 0.2) is 29.2 Å². The lowest BCUT2D eigenvalue weighted by atomic mass is 10.1. The van der Waals surface area contributed by atoms with Crippen LogP contribution in [0.3, 0.4) is 0 Å². The van der Waals surface area contributed by atoms with Crippen LogP contribution in [0.25, 0.3) is 0 Å². The lowest BCUT2D eigenvalue weighted by Crippen LogP contribution is -2.31. The molecule has 124 valence electrons. The summed E-state index contributed by atoms with van der Waals surface area (Å²) in [4.78, 5) is 11.5. The number of sulfonamides is 1. The molecule has 0 saturated heterocycles. The maximum absolute atomic E-state index is 12.8. The third-order valence-corrected chi connectivity index (χ3v) is 4.53. The molecular formula is C15H23FN2O3S. The SMILES string of the molecule is CC(C)CCCNC(=O)CCNS(=O)(=O)c1ccc(F)cc1. The van der Waals surface area contributed by atoms with Crippen LogP contribution in [0.5, 0.6) is 0 Å². The van der Waals surface area contributed by atoms with Crippen molar-refractivity contribution in [3.63, 3.8) is 0 Å². The van der Waals surface area contributed by atoms with E-state index in [1.54, 1.807) is 0 Å². The summed E-state index contributed by atoms with van der Waals surface area (Å²) in [6.45, 7) is 4.84. The first-order chi connectivity index (χ1) is 10.3. The van der Waals surface area contributed by atoms with Gasteiger partial charge in [0.25, 0.3) is 0 Å². The van der Waals surface area contributed by atoms with Crippen molar-refractivity contribution < 1.29 is 17.6 Å². The van der Waals surface area contributed by atoms with Gasteiger partial charge >= 0.3 is 0 Å². The second-order valence-electron chi connectivity index (χ2n) is 5.49. The van der Waals surface area contributed by atoms with Crippen molar-refractivity contribution in [1.29, 1.82) is 0 Å². The number of benzene rings is 1. The molecule has 2 N–H and O–H groups in total. The first-order valence-corrected chi connectivity index (χ1v) is 8.81. The molecule has 1 amide bonds. The Bertz CT molecular complexity index is 571. The van der Waals surface area contributed by atoms with Crippen LogP contribution in [0, 0.1) is 11.7 Å². The van der Waals surface area contributed by atoms with E-state index in [-0.39, 0.29) is 23.8 Å². The van der Waals surface area contributed by atoms with Gasteiger partial charge in [-0.05, 0) is 43.0 Å². The van der Waals surface area contributed by atoms with E-state index in [9.17, 15) is 17.6 Å². The molecule has 1 aromatic carbocycles. The molecule has 5 nitrogen and oxygen atoms in total.